The van der Waals surface area contributed by atoms with Gasteiger partial charge in [-0.1, -0.05) is 24.3 Å². The van der Waals surface area contributed by atoms with E-state index < -0.39 is 0 Å². The normalized spacial score (nSPS) is 19.4. The fraction of sp³-hybridized carbons (Fsp3) is 0.444. The number of aliphatic hydroxyl groups is 1. The van der Waals surface area contributed by atoms with E-state index in [2.05, 4.69) is 39.3 Å². The third-order valence-corrected chi connectivity index (χ3v) is 4.44. The van der Waals surface area contributed by atoms with Crippen molar-refractivity contribution in [2.24, 2.45) is 0 Å². The predicted molar refractivity (Wildman–Crippen MR) is 90.7 cm³/mol. The Morgan fingerprint density at radius 2 is 1.87 bits per heavy atom. The molecule has 23 heavy (non-hydrogen) atoms. The highest BCUT2D eigenvalue weighted by atomic mass is 16.3. The van der Waals surface area contributed by atoms with Crippen molar-refractivity contribution >= 4 is 0 Å². The number of aliphatic hydroxyl groups excluding tert-OH is 1. The minimum absolute atomic E-state index is 0.0630. The van der Waals surface area contributed by atoms with Crippen molar-refractivity contribution in [1.29, 1.82) is 0 Å². The van der Waals surface area contributed by atoms with Crippen LogP contribution in [0.15, 0.2) is 42.6 Å². The highest BCUT2D eigenvalue weighted by Crippen LogP contribution is 2.20. The number of allylic oxidation sites excluding steroid dienone is 2. The Bertz CT molecular complexity index is 578. The van der Waals surface area contributed by atoms with Crippen molar-refractivity contribution in [1.82, 2.24) is 14.9 Å². The molecular weight excluding hydrogens is 290 g/mol. The van der Waals surface area contributed by atoms with E-state index in [4.69, 9.17) is 5.11 Å². The molecule has 0 aliphatic carbocycles. The van der Waals surface area contributed by atoms with E-state index in [0.29, 0.717) is 6.42 Å². The van der Waals surface area contributed by atoms with Crippen LogP contribution in [0, 0.1) is 0 Å². The minimum atomic E-state index is 0.0630. The fourth-order valence-corrected chi connectivity index (χ4v) is 3.14. The Hall–Kier alpha value is -1.82. The maximum absolute atomic E-state index is 9.80. The van der Waals surface area contributed by atoms with Crippen molar-refractivity contribution < 1.29 is 10.2 Å². The van der Waals surface area contributed by atoms with Crippen LogP contribution in [-0.4, -0.2) is 64.5 Å². The maximum Gasteiger partial charge on any atom is 0.118 e. The highest BCUT2D eigenvalue weighted by molar-refractivity contribution is 5.36. The SMILES string of the molecule is OCCc1cc(CN2CCN(N3C=CC=CC3)CC2)ccc1O. The fourth-order valence-electron chi connectivity index (χ4n) is 3.14. The van der Waals surface area contributed by atoms with Crippen LogP contribution < -0.4 is 0 Å². The molecule has 0 bridgehead atoms. The molecule has 0 radical (unpaired) electrons. The third-order valence-electron chi connectivity index (χ3n) is 4.44. The van der Waals surface area contributed by atoms with Gasteiger partial charge in [0, 0.05) is 45.5 Å². The van der Waals surface area contributed by atoms with Gasteiger partial charge in [-0.05, 0) is 29.7 Å². The summed E-state index contributed by atoms with van der Waals surface area (Å²) in [6, 6.07) is 5.72. The predicted octanol–water partition coefficient (Wildman–Crippen LogP) is 1.35. The van der Waals surface area contributed by atoms with E-state index >= 15 is 0 Å². The Morgan fingerprint density at radius 3 is 2.57 bits per heavy atom. The first-order valence-electron chi connectivity index (χ1n) is 8.25. The molecule has 2 heterocycles. The molecule has 1 saturated heterocycles. The van der Waals surface area contributed by atoms with Crippen LogP contribution in [0.4, 0.5) is 0 Å². The zero-order chi connectivity index (χ0) is 16.1. The number of hydrazine groups is 1. The molecule has 3 rings (SSSR count). The monoisotopic (exact) mass is 315 g/mol. The number of piperazine rings is 1. The average molecular weight is 315 g/mol. The van der Waals surface area contributed by atoms with E-state index in [9.17, 15) is 5.11 Å². The van der Waals surface area contributed by atoms with Crippen LogP contribution in [0.1, 0.15) is 11.1 Å². The lowest BCUT2D eigenvalue weighted by Gasteiger charge is -2.41. The Morgan fingerprint density at radius 1 is 1.04 bits per heavy atom. The molecule has 0 amide bonds. The first kappa shape index (κ1) is 16.1. The molecule has 0 atom stereocenters. The summed E-state index contributed by atoms with van der Waals surface area (Å²) in [5.74, 6) is 0.276. The van der Waals surface area contributed by atoms with Gasteiger partial charge in [0.25, 0.3) is 0 Å². The van der Waals surface area contributed by atoms with Gasteiger partial charge in [0.1, 0.15) is 5.75 Å². The molecule has 1 aromatic carbocycles. The molecule has 2 aliphatic heterocycles. The summed E-state index contributed by atoms with van der Waals surface area (Å²) in [6.45, 7) is 6.03. The lowest BCUT2D eigenvalue weighted by molar-refractivity contribution is -0.0159. The molecule has 124 valence electrons. The van der Waals surface area contributed by atoms with Crippen LogP contribution in [0.25, 0.3) is 0 Å². The summed E-state index contributed by atoms with van der Waals surface area (Å²) in [5, 5.41) is 23.5. The van der Waals surface area contributed by atoms with Gasteiger partial charge in [0.05, 0.1) is 6.54 Å². The van der Waals surface area contributed by atoms with Crippen molar-refractivity contribution in [3.05, 3.63) is 53.8 Å². The Balaban J connectivity index is 1.53. The molecule has 0 saturated carbocycles. The van der Waals surface area contributed by atoms with Gasteiger partial charge >= 0.3 is 0 Å². The second-order valence-corrected chi connectivity index (χ2v) is 6.06. The third kappa shape index (κ3) is 4.13. The molecule has 0 unspecified atom stereocenters. The van der Waals surface area contributed by atoms with Crippen LogP contribution in [0.5, 0.6) is 5.75 Å². The zero-order valence-corrected chi connectivity index (χ0v) is 13.4. The maximum atomic E-state index is 9.80. The first-order chi connectivity index (χ1) is 11.3. The first-order valence-corrected chi connectivity index (χ1v) is 8.25. The average Bonchev–Trinajstić information content (AvgIpc) is 2.60. The zero-order valence-electron chi connectivity index (χ0n) is 13.4. The van der Waals surface area contributed by atoms with Crippen molar-refractivity contribution in [3.63, 3.8) is 0 Å². The van der Waals surface area contributed by atoms with E-state index in [1.165, 1.54) is 5.56 Å². The minimum Gasteiger partial charge on any atom is -0.508 e. The van der Waals surface area contributed by atoms with Crippen molar-refractivity contribution in [2.45, 2.75) is 13.0 Å². The van der Waals surface area contributed by atoms with Gasteiger partial charge < -0.3 is 15.2 Å². The number of phenols is 1. The number of hydrogen-bond acceptors (Lipinski definition) is 5. The largest absolute Gasteiger partial charge is 0.508 e. The van der Waals surface area contributed by atoms with Crippen molar-refractivity contribution in [3.8, 4) is 5.75 Å². The van der Waals surface area contributed by atoms with Crippen LogP contribution in [-0.2, 0) is 13.0 Å². The van der Waals surface area contributed by atoms with Gasteiger partial charge in [0.15, 0.2) is 0 Å². The number of rotatable bonds is 5. The van der Waals surface area contributed by atoms with Crippen molar-refractivity contribution in [2.75, 3.05) is 39.3 Å². The van der Waals surface area contributed by atoms with E-state index in [-0.39, 0.29) is 12.4 Å². The molecule has 1 aromatic rings. The van der Waals surface area contributed by atoms with Gasteiger partial charge in [0.2, 0.25) is 0 Å². The Labute approximate surface area is 137 Å². The lowest BCUT2D eigenvalue weighted by Crippen LogP contribution is -2.52. The Kier molecular flexibility index (Phi) is 5.33. The number of benzene rings is 1. The van der Waals surface area contributed by atoms with Gasteiger partial charge in [-0.2, -0.15) is 0 Å². The van der Waals surface area contributed by atoms with Crippen LogP contribution in [0.2, 0.25) is 0 Å². The molecule has 5 nitrogen and oxygen atoms in total. The van der Waals surface area contributed by atoms with E-state index in [1.807, 2.05) is 12.1 Å². The summed E-state index contributed by atoms with van der Waals surface area (Å²) >= 11 is 0. The molecule has 2 aliphatic rings. The number of phenolic OH excluding ortho intramolecular Hbond substituents is 1. The van der Waals surface area contributed by atoms with Gasteiger partial charge in [-0.25, -0.2) is 5.01 Å². The second kappa shape index (κ2) is 7.64. The molecule has 5 heteroatoms. The standard InChI is InChI=1S/C18H25N3O2/c22-13-6-17-14-16(4-5-18(17)23)15-19-9-11-21(12-10-19)20-7-2-1-3-8-20/h1-5,7,14,22-23H,6,8-13,15H2. The van der Waals surface area contributed by atoms with Crippen LogP contribution >= 0.6 is 0 Å². The highest BCUT2D eigenvalue weighted by Gasteiger charge is 2.20. The lowest BCUT2D eigenvalue weighted by atomic mass is 10.1. The summed E-state index contributed by atoms with van der Waals surface area (Å²) in [7, 11) is 0. The van der Waals surface area contributed by atoms with E-state index in [0.717, 1.165) is 44.8 Å². The molecular formula is C18H25N3O2. The summed E-state index contributed by atoms with van der Waals surface area (Å²) in [6.07, 6.45) is 8.97. The smallest absolute Gasteiger partial charge is 0.118 e. The summed E-state index contributed by atoms with van der Waals surface area (Å²) in [5.41, 5.74) is 2.02. The van der Waals surface area contributed by atoms with E-state index in [1.54, 1.807) is 6.07 Å². The molecule has 2 N–H and O–H groups in total. The van der Waals surface area contributed by atoms with Gasteiger partial charge in [-0.3, -0.25) is 4.90 Å². The number of aromatic hydroxyl groups is 1. The second-order valence-electron chi connectivity index (χ2n) is 6.06. The van der Waals surface area contributed by atoms with Crippen LogP contribution in [0.3, 0.4) is 0 Å². The number of nitrogens with zero attached hydrogens (tertiary/aromatic N) is 3. The van der Waals surface area contributed by atoms with Gasteiger partial charge in [-0.15, -0.1) is 0 Å². The summed E-state index contributed by atoms with van der Waals surface area (Å²) in [4.78, 5) is 2.44. The topological polar surface area (TPSA) is 50.2 Å². The molecule has 1 fully saturated rings. The quantitative estimate of drug-likeness (QED) is 0.859. The molecule has 0 spiro atoms. The number of hydrogen-bond donors (Lipinski definition) is 2. The molecule has 0 aromatic heterocycles. The summed E-state index contributed by atoms with van der Waals surface area (Å²) < 4.78 is 0.